The molecule has 3 aromatic rings. The number of nitrogens with zero attached hydrogens (tertiary/aromatic N) is 2. The van der Waals surface area contributed by atoms with Crippen molar-refractivity contribution in [1.29, 1.82) is 0 Å². The summed E-state index contributed by atoms with van der Waals surface area (Å²) in [4.78, 5) is 29.3. The number of alkyl halides is 2. The molecule has 2 aromatic heterocycles. The molecule has 0 bridgehead atoms. The van der Waals surface area contributed by atoms with Crippen LogP contribution in [0.5, 0.6) is 5.75 Å². The van der Waals surface area contributed by atoms with Crippen LogP contribution in [0.15, 0.2) is 28.9 Å². The zero-order chi connectivity index (χ0) is 25.9. The van der Waals surface area contributed by atoms with Crippen LogP contribution in [-0.2, 0) is 14.3 Å². The number of ether oxygens (including phenoxy) is 3. The summed E-state index contributed by atoms with van der Waals surface area (Å²) in [7, 11) is 0. The minimum absolute atomic E-state index is 0.0433. The Morgan fingerprint density at radius 1 is 1.03 bits per heavy atom. The average molecular weight is 565 g/mol. The molecule has 0 saturated heterocycles. The molecule has 0 aliphatic rings. The summed E-state index contributed by atoms with van der Waals surface area (Å²) in [5, 5.41) is 0. The molecule has 0 aliphatic heterocycles. The maximum absolute atomic E-state index is 14.3. The summed E-state index contributed by atoms with van der Waals surface area (Å²) in [6.45, 7) is -0.495. The first-order valence-corrected chi connectivity index (χ1v) is 11.0. The van der Waals surface area contributed by atoms with E-state index in [0.717, 1.165) is 6.07 Å². The van der Waals surface area contributed by atoms with Crippen LogP contribution in [0.1, 0.15) is 47.9 Å². The third-order valence-corrected chi connectivity index (χ3v) is 5.40. The topological polar surface area (TPSA) is 79.1 Å². The summed E-state index contributed by atoms with van der Waals surface area (Å²) in [5.74, 6) is -7.67. The highest BCUT2D eigenvalue weighted by Crippen LogP contribution is 2.39. The average Bonchev–Trinajstić information content (AvgIpc) is 3.13. The zero-order valence-electron chi connectivity index (χ0n) is 18.3. The van der Waals surface area contributed by atoms with E-state index in [1.54, 1.807) is 0 Å². The van der Waals surface area contributed by atoms with Crippen molar-refractivity contribution in [2.75, 3.05) is 13.2 Å². The fourth-order valence-corrected chi connectivity index (χ4v) is 3.81. The third-order valence-electron chi connectivity index (χ3n) is 4.82. The van der Waals surface area contributed by atoms with Gasteiger partial charge in [0.25, 0.3) is 0 Å². The predicted octanol–water partition coefficient (Wildman–Crippen LogP) is 5.38. The second-order valence-electron chi connectivity index (χ2n) is 7.01. The number of imidazole rings is 1. The maximum atomic E-state index is 14.3. The van der Waals surface area contributed by atoms with Crippen LogP contribution in [-0.4, -0.2) is 41.1 Å². The molecule has 0 fully saturated rings. The van der Waals surface area contributed by atoms with E-state index in [1.807, 2.05) is 0 Å². The lowest BCUT2D eigenvalue weighted by atomic mass is 9.90. The second-order valence-corrected chi connectivity index (χ2v) is 7.86. The number of esters is 2. The molecule has 2 heterocycles. The SMILES string of the molecule is CCOC(=O)CC(c1cc(F)c(F)cc1OC(F)F)c1c(C(=O)OCC)nc2cc(F)c(Br)cn12. The number of hydrogen-bond donors (Lipinski definition) is 0. The van der Waals surface area contributed by atoms with Gasteiger partial charge in [-0.05, 0) is 35.8 Å². The Kier molecular flexibility index (Phi) is 8.30. The van der Waals surface area contributed by atoms with E-state index in [9.17, 15) is 31.5 Å². The summed E-state index contributed by atoms with van der Waals surface area (Å²) >= 11 is 3.01. The third kappa shape index (κ3) is 5.72. The van der Waals surface area contributed by atoms with Crippen molar-refractivity contribution in [3.8, 4) is 5.75 Å². The lowest BCUT2D eigenvalue weighted by Crippen LogP contribution is -2.19. The molecule has 0 N–H and O–H groups in total. The van der Waals surface area contributed by atoms with Crippen LogP contribution >= 0.6 is 15.9 Å². The van der Waals surface area contributed by atoms with Gasteiger partial charge in [-0.1, -0.05) is 0 Å². The van der Waals surface area contributed by atoms with Gasteiger partial charge in [0.1, 0.15) is 17.2 Å². The molecular weight excluding hydrogens is 547 g/mol. The number of halogens is 6. The van der Waals surface area contributed by atoms with Gasteiger partial charge >= 0.3 is 18.6 Å². The number of carbonyl (C=O) groups is 2. The normalized spacial score (nSPS) is 12.1. The minimum Gasteiger partial charge on any atom is -0.466 e. The highest BCUT2D eigenvalue weighted by molar-refractivity contribution is 9.10. The first-order chi connectivity index (χ1) is 16.6. The molecule has 0 saturated carbocycles. The fraction of sp³-hybridized carbons (Fsp3) is 0.318. The first kappa shape index (κ1) is 26.4. The Hall–Kier alpha value is -3.22. The van der Waals surface area contributed by atoms with Gasteiger partial charge < -0.3 is 18.6 Å². The van der Waals surface area contributed by atoms with E-state index in [-0.39, 0.29) is 29.0 Å². The molecule has 0 spiro atoms. The molecule has 188 valence electrons. The molecule has 7 nitrogen and oxygen atoms in total. The highest BCUT2D eigenvalue weighted by Gasteiger charge is 2.33. The van der Waals surface area contributed by atoms with Crippen molar-refractivity contribution in [3.63, 3.8) is 0 Å². The van der Waals surface area contributed by atoms with Gasteiger partial charge in [-0.15, -0.1) is 0 Å². The molecule has 35 heavy (non-hydrogen) atoms. The quantitative estimate of drug-likeness (QED) is 0.256. The standard InChI is InChI=1S/C22H18BrF5N2O5/c1-3-33-18(31)6-11(10-5-14(25)15(26)7-16(10)35-22(27)28)20-19(21(32)34-4-2)29-17-8-13(24)12(23)9-30(17)20/h5,7-9,11,22H,3-4,6H2,1-2H3. The van der Waals surface area contributed by atoms with Crippen molar-refractivity contribution in [3.05, 3.63) is 63.3 Å². The summed E-state index contributed by atoms with van der Waals surface area (Å²) in [6, 6.07) is 1.95. The molecule has 0 amide bonds. The predicted molar refractivity (Wildman–Crippen MR) is 115 cm³/mol. The van der Waals surface area contributed by atoms with Gasteiger partial charge in [-0.25, -0.2) is 22.9 Å². The Balaban J connectivity index is 2.37. The van der Waals surface area contributed by atoms with Crippen LogP contribution in [0, 0.1) is 17.5 Å². The van der Waals surface area contributed by atoms with E-state index < -0.39 is 65.3 Å². The maximum Gasteiger partial charge on any atom is 0.387 e. The number of aromatic nitrogens is 2. The molecule has 0 aliphatic carbocycles. The van der Waals surface area contributed by atoms with Crippen molar-refractivity contribution in [2.45, 2.75) is 32.8 Å². The number of pyridine rings is 1. The fourth-order valence-electron chi connectivity index (χ4n) is 3.50. The minimum atomic E-state index is -3.42. The van der Waals surface area contributed by atoms with Crippen LogP contribution in [0.25, 0.3) is 5.65 Å². The molecule has 3 rings (SSSR count). The highest BCUT2D eigenvalue weighted by atomic mass is 79.9. The Morgan fingerprint density at radius 3 is 2.31 bits per heavy atom. The molecule has 1 atom stereocenters. The largest absolute Gasteiger partial charge is 0.466 e. The van der Waals surface area contributed by atoms with E-state index in [0.29, 0.717) is 12.1 Å². The van der Waals surface area contributed by atoms with Crippen molar-refractivity contribution < 1.29 is 45.8 Å². The van der Waals surface area contributed by atoms with Gasteiger partial charge in [0.2, 0.25) is 0 Å². The van der Waals surface area contributed by atoms with Gasteiger partial charge in [0, 0.05) is 29.8 Å². The van der Waals surface area contributed by atoms with E-state index in [1.165, 1.54) is 24.4 Å². The Labute approximate surface area is 203 Å². The first-order valence-electron chi connectivity index (χ1n) is 10.2. The van der Waals surface area contributed by atoms with Crippen LogP contribution < -0.4 is 4.74 Å². The van der Waals surface area contributed by atoms with Crippen LogP contribution in [0.3, 0.4) is 0 Å². The molecule has 1 unspecified atom stereocenters. The number of rotatable bonds is 9. The smallest absolute Gasteiger partial charge is 0.387 e. The molecule has 1 aromatic carbocycles. The van der Waals surface area contributed by atoms with Gasteiger partial charge in [-0.2, -0.15) is 8.78 Å². The summed E-state index contributed by atoms with van der Waals surface area (Å²) < 4.78 is 84.1. The summed E-state index contributed by atoms with van der Waals surface area (Å²) in [6.07, 6.45) is 0.565. The zero-order valence-corrected chi connectivity index (χ0v) is 19.9. The molecular formula is C22H18BrF5N2O5. The van der Waals surface area contributed by atoms with Gasteiger partial charge in [0.15, 0.2) is 17.3 Å². The van der Waals surface area contributed by atoms with Crippen LogP contribution in [0.2, 0.25) is 0 Å². The van der Waals surface area contributed by atoms with Crippen molar-refractivity contribution >= 4 is 33.5 Å². The lowest BCUT2D eigenvalue weighted by molar-refractivity contribution is -0.143. The Morgan fingerprint density at radius 2 is 1.69 bits per heavy atom. The summed E-state index contributed by atoms with van der Waals surface area (Å²) in [5.41, 5.74) is -1.04. The van der Waals surface area contributed by atoms with Crippen molar-refractivity contribution in [1.82, 2.24) is 9.38 Å². The second kappa shape index (κ2) is 11.0. The van der Waals surface area contributed by atoms with Gasteiger partial charge in [0.05, 0.1) is 29.8 Å². The molecule has 0 radical (unpaired) electrons. The van der Waals surface area contributed by atoms with Gasteiger partial charge in [-0.3, -0.25) is 4.79 Å². The number of carbonyl (C=O) groups excluding carboxylic acids is 2. The van der Waals surface area contributed by atoms with E-state index in [4.69, 9.17) is 9.47 Å². The molecule has 13 heteroatoms. The van der Waals surface area contributed by atoms with E-state index >= 15 is 0 Å². The Bertz CT molecular complexity index is 1270. The van der Waals surface area contributed by atoms with Crippen molar-refractivity contribution in [2.24, 2.45) is 0 Å². The number of fused-ring (bicyclic) bond motifs is 1. The number of benzene rings is 1. The van der Waals surface area contributed by atoms with Crippen LogP contribution in [0.4, 0.5) is 22.0 Å². The van der Waals surface area contributed by atoms with E-state index in [2.05, 4.69) is 25.7 Å². The monoisotopic (exact) mass is 564 g/mol. The number of hydrogen-bond acceptors (Lipinski definition) is 6. The lowest BCUT2D eigenvalue weighted by Gasteiger charge is -2.21.